The molecule has 0 spiro atoms. The standard InChI is InChI=1S/C13H9ClN4O2/c1-20-13(19)11-7-18(17-16-11)12-4-5-15-10-6-8(14)2-3-9(10)12/h2-7H,1H3. The predicted octanol–water partition coefficient (Wildman–Crippen LogP) is 2.26. The number of carbonyl (C=O) groups excluding carboxylic acids is 1. The monoisotopic (exact) mass is 288 g/mol. The minimum absolute atomic E-state index is 0.145. The topological polar surface area (TPSA) is 69.9 Å². The fraction of sp³-hybridized carbons (Fsp3) is 0.0769. The van der Waals surface area contributed by atoms with Gasteiger partial charge in [-0.15, -0.1) is 5.10 Å². The van der Waals surface area contributed by atoms with Gasteiger partial charge < -0.3 is 4.74 Å². The van der Waals surface area contributed by atoms with Gasteiger partial charge in [0.25, 0.3) is 0 Å². The Balaban J connectivity index is 2.14. The van der Waals surface area contributed by atoms with E-state index in [-0.39, 0.29) is 5.69 Å². The summed E-state index contributed by atoms with van der Waals surface area (Å²) in [5.41, 5.74) is 1.64. The van der Waals surface area contributed by atoms with Crippen LogP contribution < -0.4 is 0 Å². The van der Waals surface area contributed by atoms with Gasteiger partial charge in [-0.3, -0.25) is 4.98 Å². The van der Waals surface area contributed by atoms with E-state index < -0.39 is 5.97 Å². The van der Waals surface area contributed by atoms with Crippen LogP contribution in [0.4, 0.5) is 0 Å². The second kappa shape index (κ2) is 4.90. The smallest absolute Gasteiger partial charge is 0.360 e. The number of carbonyl (C=O) groups is 1. The van der Waals surface area contributed by atoms with Gasteiger partial charge >= 0.3 is 5.97 Å². The number of hydrogen-bond donors (Lipinski definition) is 0. The Morgan fingerprint density at radius 1 is 1.35 bits per heavy atom. The molecule has 3 rings (SSSR count). The maximum absolute atomic E-state index is 11.4. The van der Waals surface area contributed by atoms with Gasteiger partial charge in [0.15, 0.2) is 5.69 Å². The molecule has 0 aliphatic carbocycles. The lowest BCUT2D eigenvalue weighted by atomic mass is 10.2. The number of nitrogens with zero attached hydrogens (tertiary/aromatic N) is 4. The van der Waals surface area contributed by atoms with Gasteiger partial charge in [-0.05, 0) is 24.3 Å². The van der Waals surface area contributed by atoms with Crippen molar-refractivity contribution in [2.24, 2.45) is 0 Å². The van der Waals surface area contributed by atoms with Crippen LogP contribution in [0.15, 0.2) is 36.7 Å². The third-order valence-corrected chi connectivity index (χ3v) is 3.05. The zero-order valence-corrected chi connectivity index (χ0v) is 11.2. The lowest BCUT2D eigenvalue weighted by Gasteiger charge is -2.05. The average Bonchev–Trinajstić information content (AvgIpc) is 2.95. The Labute approximate surface area is 118 Å². The molecule has 100 valence electrons. The Kier molecular flexibility index (Phi) is 3.08. The number of pyridine rings is 1. The van der Waals surface area contributed by atoms with Gasteiger partial charge in [0, 0.05) is 16.6 Å². The number of hydrogen-bond acceptors (Lipinski definition) is 5. The molecule has 2 heterocycles. The summed E-state index contributed by atoms with van der Waals surface area (Å²) in [6.45, 7) is 0. The lowest BCUT2D eigenvalue weighted by molar-refractivity contribution is 0.0594. The fourth-order valence-corrected chi connectivity index (χ4v) is 2.05. The summed E-state index contributed by atoms with van der Waals surface area (Å²) in [6.07, 6.45) is 3.16. The highest BCUT2D eigenvalue weighted by Crippen LogP contribution is 2.23. The van der Waals surface area contributed by atoms with Crippen LogP contribution in [-0.4, -0.2) is 33.1 Å². The normalized spacial score (nSPS) is 10.7. The average molecular weight is 289 g/mol. The first-order valence-corrected chi connectivity index (χ1v) is 6.12. The number of rotatable bonds is 2. The van der Waals surface area contributed by atoms with E-state index in [0.717, 1.165) is 16.6 Å². The van der Waals surface area contributed by atoms with E-state index in [0.29, 0.717) is 5.02 Å². The summed E-state index contributed by atoms with van der Waals surface area (Å²) in [6, 6.07) is 7.16. The largest absolute Gasteiger partial charge is 0.464 e. The molecule has 2 aromatic heterocycles. The van der Waals surface area contributed by atoms with E-state index in [4.69, 9.17) is 11.6 Å². The Morgan fingerprint density at radius 3 is 3.00 bits per heavy atom. The van der Waals surface area contributed by atoms with Gasteiger partial charge in [0.2, 0.25) is 0 Å². The molecule has 0 N–H and O–H groups in total. The second-order valence-electron chi connectivity index (χ2n) is 4.03. The van der Waals surface area contributed by atoms with E-state index in [9.17, 15) is 4.79 Å². The van der Waals surface area contributed by atoms with E-state index in [2.05, 4.69) is 20.0 Å². The summed E-state index contributed by atoms with van der Waals surface area (Å²) in [7, 11) is 1.30. The predicted molar refractivity (Wildman–Crippen MR) is 73.0 cm³/mol. The van der Waals surface area contributed by atoms with Crippen molar-refractivity contribution in [3.8, 4) is 5.69 Å². The van der Waals surface area contributed by atoms with Crippen molar-refractivity contribution in [2.75, 3.05) is 7.11 Å². The number of aromatic nitrogens is 4. The molecule has 0 unspecified atom stereocenters. The van der Waals surface area contributed by atoms with Gasteiger partial charge in [-0.1, -0.05) is 16.8 Å². The van der Waals surface area contributed by atoms with Crippen molar-refractivity contribution in [3.05, 3.63) is 47.4 Å². The quantitative estimate of drug-likeness (QED) is 0.677. The van der Waals surface area contributed by atoms with Crippen LogP contribution in [0.1, 0.15) is 10.5 Å². The van der Waals surface area contributed by atoms with E-state index in [1.165, 1.54) is 18.0 Å². The van der Waals surface area contributed by atoms with Crippen LogP contribution in [0.25, 0.3) is 16.6 Å². The van der Waals surface area contributed by atoms with Crippen molar-refractivity contribution in [2.45, 2.75) is 0 Å². The molecule has 0 saturated heterocycles. The van der Waals surface area contributed by atoms with Crippen LogP contribution in [0.3, 0.4) is 0 Å². The third kappa shape index (κ3) is 2.10. The van der Waals surface area contributed by atoms with Crippen LogP contribution in [-0.2, 0) is 4.74 Å². The second-order valence-corrected chi connectivity index (χ2v) is 4.47. The highest BCUT2D eigenvalue weighted by molar-refractivity contribution is 6.31. The van der Waals surface area contributed by atoms with Gasteiger partial charge in [-0.25, -0.2) is 9.48 Å². The number of methoxy groups -OCH3 is 1. The first kappa shape index (κ1) is 12.6. The highest BCUT2D eigenvalue weighted by Gasteiger charge is 2.13. The molecule has 0 amide bonds. The maximum Gasteiger partial charge on any atom is 0.360 e. The van der Waals surface area contributed by atoms with Crippen molar-refractivity contribution in [1.29, 1.82) is 0 Å². The summed E-state index contributed by atoms with van der Waals surface area (Å²) < 4.78 is 6.11. The molecule has 0 aliphatic rings. The Morgan fingerprint density at radius 2 is 2.20 bits per heavy atom. The van der Waals surface area contributed by atoms with Crippen molar-refractivity contribution < 1.29 is 9.53 Å². The minimum atomic E-state index is -0.530. The first-order valence-electron chi connectivity index (χ1n) is 5.74. The molecular weight excluding hydrogens is 280 g/mol. The molecule has 7 heteroatoms. The van der Waals surface area contributed by atoms with E-state index in [1.54, 1.807) is 24.4 Å². The molecule has 0 radical (unpaired) electrons. The maximum atomic E-state index is 11.4. The molecule has 0 saturated carbocycles. The Hall–Kier alpha value is -2.47. The molecule has 3 aromatic rings. The van der Waals surface area contributed by atoms with Gasteiger partial charge in [0.05, 0.1) is 24.5 Å². The zero-order valence-electron chi connectivity index (χ0n) is 10.4. The number of benzene rings is 1. The molecule has 20 heavy (non-hydrogen) atoms. The van der Waals surface area contributed by atoms with Crippen molar-refractivity contribution >= 4 is 28.5 Å². The van der Waals surface area contributed by atoms with Gasteiger partial charge in [-0.2, -0.15) is 0 Å². The molecule has 6 nitrogen and oxygen atoms in total. The minimum Gasteiger partial charge on any atom is -0.464 e. The number of ether oxygens (including phenoxy) is 1. The summed E-state index contributed by atoms with van der Waals surface area (Å²) in [4.78, 5) is 15.6. The lowest BCUT2D eigenvalue weighted by Crippen LogP contribution is -2.01. The van der Waals surface area contributed by atoms with Crippen LogP contribution in [0, 0.1) is 0 Å². The van der Waals surface area contributed by atoms with Crippen molar-refractivity contribution in [3.63, 3.8) is 0 Å². The number of esters is 1. The molecular formula is C13H9ClN4O2. The Bertz CT molecular complexity index is 800. The highest BCUT2D eigenvalue weighted by atomic mass is 35.5. The number of fused-ring (bicyclic) bond motifs is 1. The van der Waals surface area contributed by atoms with E-state index >= 15 is 0 Å². The fourth-order valence-electron chi connectivity index (χ4n) is 1.89. The van der Waals surface area contributed by atoms with Crippen LogP contribution in [0.5, 0.6) is 0 Å². The van der Waals surface area contributed by atoms with Crippen LogP contribution >= 0.6 is 11.6 Å². The third-order valence-electron chi connectivity index (χ3n) is 2.82. The summed E-state index contributed by atoms with van der Waals surface area (Å²) in [5.74, 6) is -0.530. The van der Waals surface area contributed by atoms with Gasteiger partial charge in [0.1, 0.15) is 0 Å². The molecule has 0 bridgehead atoms. The molecule has 0 atom stereocenters. The SMILES string of the molecule is COC(=O)c1cn(-c2ccnc3cc(Cl)ccc23)nn1. The first-order chi connectivity index (χ1) is 9.69. The van der Waals surface area contributed by atoms with Crippen molar-refractivity contribution in [1.82, 2.24) is 20.0 Å². The summed E-state index contributed by atoms with van der Waals surface area (Å²) >= 11 is 5.95. The molecule has 1 aromatic carbocycles. The van der Waals surface area contributed by atoms with Crippen LogP contribution in [0.2, 0.25) is 5.02 Å². The summed E-state index contributed by atoms with van der Waals surface area (Å²) in [5, 5.41) is 9.18. The number of halogens is 1. The molecule has 0 aliphatic heterocycles. The van der Waals surface area contributed by atoms with E-state index in [1.807, 2.05) is 6.07 Å². The molecule has 0 fully saturated rings. The zero-order chi connectivity index (χ0) is 14.1.